The maximum Gasteiger partial charge on any atom is 0.228 e. The van der Waals surface area contributed by atoms with E-state index in [2.05, 4.69) is 84.2 Å². The van der Waals surface area contributed by atoms with Gasteiger partial charge in [-0.15, -0.1) is 0 Å². The second-order valence-corrected chi connectivity index (χ2v) is 9.68. The largest absolute Gasteiger partial charge is 0.369 e. The molecule has 0 aliphatic carbocycles. The Labute approximate surface area is 179 Å². The summed E-state index contributed by atoms with van der Waals surface area (Å²) in [5, 5.41) is 0. The molecular formula is C25H45N3O. The van der Waals surface area contributed by atoms with Crippen molar-refractivity contribution in [1.29, 1.82) is 0 Å². The molecule has 0 aliphatic rings. The van der Waals surface area contributed by atoms with Crippen molar-refractivity contribution < 1.29 is 4.79 Å². The Balaban J connectivity index is 3.35. The zero-order chi connectivity index (χ0) is 22.4. The Kier molecular flexibility index (Phi) is 9.84. The normalized spacial score (nSPS) is 15.7. The summed E-state index contributed by atoms with van der Waals surface area (Å²) >= 11 is 0. The highest BCUT2D eigenvalue weighted by atomic mass is 16.1. The van der Waals surface area contributed by atoms with Crippen LogP contribution in [0.2, 0.25) is 0 Å². The SMILES string of the molecule is CC(C)N(CCC(CC(C)N(C(C)C)C(C)C)(C(N)=O)c1ccccc1)C(C)C. The summed E-state index contributed by atoms with van der Waals surface area (Å²) in [4.78, 5) is 18.0. The Hall–Kier alpha value is -1.39. The molecule has 0 aliphatic heterocycles. The molecule has 0 bridgehead atoms. The van der Waals surface area contributed by atoms with Crippen LogP contribution in [0.25, 0.3) is 0 Å². The standard InChI is InChI=1S/C25H45N3O/c1-18(2)27(19(3)4)16-15-25(24(26)29,23-13-11-10-12-14-23)17-22(9)28(20(5)6)21(7)8/h10-14,18-22H,15-17H2,1-9H3,(H2,26,29). The van der Waals surface area contributed by atoms with Gasteiger partial charge in [0.15, 0.2) is 0 Å². The molecule has 1 aromatic rings. The van der Waals surface area contributed by atoms with Crippen molar-refractivity contribution in [2.45, 2.75) is 111 Å². The van der Waals surface area contributed by atoms with Crippen LogP contribution in [0.3, 0.4) is 0 Å². The highest BCUT2D eigenvalue weighted by Crippen LogP contribution is 2.36. The summed E-state index contributed by atoms with van der Waals surface area (Å²) in [5.74, 6) is -0.213. The van der Waals surface area contributed by atoms with Crippen LogP contribution in [-0.4, -0.2) is 52.5 Å². The lowest BCUT2D eigenvalue weighted by molar-refractivity contribution is -0.125. The fourth-order valence-electron chi connectivity index (χ4n) is 5.14. The number of hydrogen-bond acceptors (Lipinski definition) is 3. The monoisotopic (exact) mass is 403 g/mol. The zero-order valence-corrected chi connectivity index (χ0v) is 20.3. The van der Waals surface area contributed by atoms with Gasteiger partial charge in [0.25, 0.3) is 0 Å². The van der Waals surface area contributed by atoms with Crippen molar-refractivity contribution >= 4 is 5.91 Å². The van der Waals surface area contributed by atoms with Crippen LogP contribution in [0, 0.1) is 0 Å². The third-order valence-electron chi connectivity index (χ3n) is 6.27. The average Bonchev–Trinajstić information content (AvgIpc) is 2.60. The van der Waals surface area contributed by atoms with Gasteiger partial charge in [0.1, 0.15) is 0 Å². The number of amides is 1. The molecular weight excluding hydrogens is 358 g/mol. The van der Waals surface area contributed by atoms with Crippen molar-refractivity contribution in [1.82, 2.24) is 9.80 Å². The van der Waals surface area contributed by atoms with E-state index in [1.165, 1.54) is 0 Å². The van der Waals surface area contributed by atoms with Gasteiger partial charge in [-0.05, 0) is 80.7 Å². The number of primary amides is 1. The van der Waals surface area contributed by atoms with Gasteiger partial charge in [-0.1, -0.05) is 30.3 Å². The van der Waals surface area contributed by atoms with E-state index in [-0.39, 0.29) is 11.9 Å². The van der Waals surface area contributed by atoms with Crippen LogP contribution >= 0.6 is 0 Å². The predicted octanol–water partition coefficient (Wildman–Crippen LogP) is 4.82. The third kappa shape index (κ3) is 6.55. The molecule has 166 valence electrons. The lowest BCUT2D eigenvalue weighted by atomic mass is 9.71. The molecule has 1 rings (SSSR count). The zero-order valence-electron chi connectivity index (χ0n) is 20.3. The van der Waals surface area contributed by atoms with E-state index in [1.54, 1.807) is 0 Å². The van der Waals surface area contributed by atoms with Crippen LogP contribution in [0.15, 0.2) is 30.3 Å². The van der Waals surface area contributed by atoms with E-state index >= 15 is 0 Å². The summed E-state index contributed by atoms with van der Waals surface area (Å²) in [6, 6.07) is 12.1. The molecule has 0 radical (unpaired) electrons. The van der Waals surface area contributed by atoms with Gasteiger partial charge < -0.3 is 5.73 Å². The number of carbonyl (C=O) groups is 1. The molecule has 0 heterocycles. The van der Waals surface area contributed by atoms with E-state index in [0.717, 1.165) is 24.9 Å². The minimum absolute atomic E-state index is 0.213. The number of rotatable bonds is 12. The Morgan fingerprint density at radius 1 is 0.862 bits per heavy atom. The first kappa shape index (κ1) is 25.6. The smallest absolute Gasteiger partial charge is 0.228 e. The summed E-state index contributed by atoms with van der Waals surface area (Å²) in [6.07, 6.45) is 1.46. The van der Waals surface area contributed by atoms with Crippen LogP contribution in [0.5, 0.6) is 0 Å². The average molecular weight is 404 g/mol. The van der Waals surface area contributed by atoms with Gasteiger partial charge in [-0.3, -0.25) is 14.6 Å². The van der Waals surface area contributed by atoms with Crippen LogP contribution in [0.4, 0.5) is 0 Å². The van der Waals surface area contributed by atoms with Gasteiger partial charge in [-0.25, -0.2) is 0 Å². The molecule has 0 saturated carbocycles. The first-order valence-electron chi connectivity index (χ1n) is 11.3. The van der Waals surface area contributed by atoms with Crippen molar-refractivity contribution in [3.8, 4) is 0 Å². The van der Waals surface area contributed by atoms with Gasteiger partial charge in [0, 0.05) is 36.8 Å². The van der Waals surface area contributed by atoms with Gasteiger partial charge in [0.2, 0.25) is 5.91 Å². The number of nitrogens with zero attached hydrogens (tertiary/aromatic N) is 2. The minimum atomic E-state index is -0.676. The van der Waals surface area contributed by atoms with Gasteiger partial charge >= 0.3 is 0 Å². The lowest BCUT2D eigenvalue weighted by Crippen LogP contribution is -2.52. The Bertz CT molecular complexity index is 596. The maximum atomic E-state index is 13.1. The summed E-state index contributed by atoms with van der Waals surface area (Å²) < 4.78 is 0. The molecule has 1 aromatic carbocycles. The highest BCUT2D eigenvalue weighted by Gasteiger charge is 2.41. The molecule has 2 N–H and O–H groups in total. The first-order valence-corrected chi connectivity index (χ1v) is 11.3. The molecule has 29 heavy (non-hydrogen) atoms. The van der Waals surface area contributed by atoms with E-state index < -0.39 is 5.41 Å². The first-order chi connectivity index (χ1) is 13.4. The fraction of sp³-hybridized carbons (Fsp3) is 0.720. The Morgan fingerprint density at radius 2 is 1.34 bits per heavy atom. The van der Waals surface area contributed by atoms with Crippen molar-refractivity contribution in [3.05, 3.63) is 35.9 Å². The third-order valence-corrected chi connectivity index (χ3v) is 6.27. The second-order valence-electron chi connectivity index (χ2n) is 9.68. The molecule has 2 unspecified atom stereocenters. The van der Waals surface area contributed by atoms with E-state index in [4.69, 9.17) is 5.73 Å². The highest BCUT2D eigenvalue weighted by molar-refractivity contribution is 5.86. The van der Waals surface area contributed by atoms with Crippen molar-refractivity contribution in [2.24, 2.45) is 5.73 Å². The van der Waals surface area contributed by atoms with E-state index in [0.29, 0.717) is 24.2 Å². The lowest BCUT2D eigenvalue weighted by Gasteiger charge is -2.43. The van der Waals surface area contributed by atoms with Crippen LogP contribution in [-0.2, 0) is 10.2 Å². The number of benzene rings is 1. The molecule has 0 spiro atoms. The fourth-order valence-corrected chi connectivity index (χ4v) is 5.14. The molecule has 4 heteroatoms. The molecule has 0 fully saturated rings. The molecule has 0 aromatic heterocycles. The van der Waals surface area contributed by atoms with Gasteiger partial charge in [-0.2, -0.15) is 0 Å². The molecule has 4 nitrogen and oxygen atoms in total. The summed E-state index contributed by atoms with van der Waals surface area (Å²) in [5.41, 5.74) is 6.53. The van der Waals surface area contributed by atoms with E-state index in [9.17, 15) is 4.79 Å². The molecule has 1 amide bonds. The van der Waals surface area contributed by atoms with Crippen LogP contribution in [0.1, 0.15) is 80.7 Å². The topological polar surface area (TPSA) is 49.6 Å². The van der Waals surface area contributed by atoms with Crippen LogP contribution < -0.4 is 5.73 Å². The Morgan fingerprint density at radius 3 is 1.72 bits per heavy atom. The summed E-state index contributed by atoms with van der Waals surface area (Å²) in [7, 11) is 0. The molecule has 2 atom stereocenters. The minimum Gasteiger partial charge on any atom is -0.369 e. The van der Waals surface area contributed by atoms with Crippen molar-refractivity contribution in [2.75, 3.05) is 6.54 Å². The molecule has 0 saturated heterocycles. The second kappa shape index (κ2) is 11.1. The predicted molar refractivity (Wildman–Crippen MR) is 125 cm³/mol. The number of carbonyl (C=O) groups excluding carboxylic acids is 1. The number of nitrogens with two attached hydrogens (primary N) is 1. The summed E-state index contributed by atoms with van der Waals surface area (Å²) in [6.45, 7) is 20.9. The number of hydrogen-bond donors (Lipinski definition) is 1. The van der Waals surface area contributed by atoms with E-state index in [1.807, 2.05) is 18.2 Å². The van der Waals surface area contributed by atoms with Crippen molar-refractivity contribution in [3.63, 3.8) is 0 Å². The maximum absolute atomic E-state index is 13.1. The quantitative estimate of drug-likeness (QED) is 0.544. The van der Waals surface area contributed by atoms with Gasteiger partial charge in [0.05, 0.1) is 5.41 Å².